The normalized spacial score (nSPS) is 11.8. The molecule has 32 heavy (non-hydrogen) atoms. The summed E-state index contributed by atoms with van der Waals surface area (Å²) < 4.78 is 16.8. The van der Waals surface area contributed by atoms with Crippen molar-refractivity contribution in [2.75, 3.05) is 12.4 Å². The highest BCUT2D eigenvalue weighted by Crippen LogP contribution is 2.25. The first kappa shape index (κ1) is 23.3. The molecule has 1 amide bonds. The van der Waals surface area contributed by atoms with Crippen LogP contribution in [0.4, 0.5) is 5.69 Å². The number of nitrogens with one attached hydrogen (secondary N) is 1. The van der Waals surface area contributed by atoms with Crippen LogP contribution in [-0.2, 0) is 11.2 Å². The molecular formula is C26H30N2O4. The number of amides is 1. The number of pyridine rings is 1. The Balaban J connectivity index is 1.60. The zero-order chi connectivity index (χ0) is 23.1. The van der Waals surface area contributed by atoms with Crippen molar-refractivity contribution in [3.05, 3.63) is 77.6 Å². The lowest BCUT2D eigenvalue weighted by molar-refractivity contribution is 0.102. The van der Waals surface area contributed by atoms with Gasteiger partial charge in [-0.3, -0.25) is 9.78 Å². The van der Waals surface area contributed by atoms with Gasteiger partial charge < -0.3 is 19.5 Å². The molecule has 1 N–H and O–H groups in total. The first-order chi connectivity index (χ1) is 15.3. The van der Waals surface area contributed by atoms with E-state index in [-0.39, 0.29) is 18.1 Å². The lowest BCUT2D eigenvalue weighted by atomic mass is 10.1. The fraction of sp³-hybridized carbons (Fsp3) is 0.308. The van der Waals surface area contributed by atoms with Crippen molar-refractivity contribution in [2.45, 2.75) is 46.3 Å². The van der Waals surface area contributed by atoms with Gasteiger partial charge in [0.25, 0.3) is 5.91 Å². The van der Waals surface area contributed by atoms with Gasteiger partial charge in [0, 0.05) is 24.9 Å². The second-order valence-electron chi connectivity index (χ2n) is 7.90. The summed E-state index contributed by atoms with van der Waals surface area (Å²) in [6.07, 6.45) is 0.906. The Bertz CT molecular complexity index is 1030. The molecule has 0 fully saturated rings. The van der Waals surface area contributed by atoms with Crippen molar-refractivity contribution >= 4 is 11.6 Å². The average molecular weight is 435 g/mol. The number of methoxy groups -OCH3 is 1. The van der Waals surface area contributed by atoms with Crippen LogP contribution in [0.3, 0.4) is 0 Å². The van der Waals surface area contributed by atoms with Gasteiger partial charge in [-0.25, -0.2) is 0 Å². The van der Waals surface area contributed by atoms with Gasteiger partial charge in [-0.05, 0) is 88.4 Å². The molecule has 0 spiro atoms. The Morgan fingerprint density at radius 2 is 1.50 bits per heavy atom. The van der Waals surface area contributed by atoms with Crippen molar-refractivity contribution in [1.29, 1.82) is 0 Å². The first-order valence-electron chi connectivity index (χ1n) is 10.7. The summed E-state index contributed by atoms with van der Waals surface area (Å²) >= 11 is 0. The summed E-state index contributed by atoms with van der Waals surface area (Å²) in [5.74, 6) is 1.99. The number of ether oxygens (including phenoxy) is 3. The van der Waals surface area contributed by atoms with Crippen molar-refractivity contribution in [3.63, 3.8) is 0 Å². The number of carbonyl (C=O) groups is 1. The molecule has 0 bridgehead atoms. The molecule has 1 heterocycles. The highest BCUT2D eigenvalue weighted by atomic mass is 16.5. The van der Waals surface area contributed by atoms with Crippen molar-refractivity contribution in [1.82, 2.24) is 4.98 Å². The maximum atomic E-state index is 12.7. The van der Waals surface area contributed by atoms with Gasteiger partial charge in [-0.1, -0.05) is 0 Å². The molecule has 0 saturated carbocycles. The largest absolute Gasteiger partial charge is 0.491 e. The molecule has 6 nitrogen and oxygen atoms in total. The van der Waals surface area contributed by atoms with Crippen LogP contribution in [0.15, 0.2) is 60.7 Å². The number of anilines is 1. The monoisotopic (exact) mass is 434 g/mol. The summed E-state index contributed by atoms with van der Waals surface area (Å²) in [4.78, 5) is 17.2. The quantitative estimate of drug-likeness (QED) is 0.461. The maximum absolute atomic E-state index is 12.7. The summed E-state index contributed by atoms with van der Waals surface area (Å²) in [5.41, 5.74) is 2.81. The van der Waals surface area contributed by atoms with Gasteiger partial charge >= 0.3 is 0 Å². The van der Waals surface area contributed by atoms with E-state index >= 15 is 0 Å². The van der Waals surface area contributed by atoms with E-state index in [0.29, 0.717) is 34.9 Å². The fourth-order valence-corrected chi connectivity index (χ4v) is 3.14. The Hall–Kier alpha value is -3.38. The molecule has 168 valence electrons. The molecule has 2 aromatic carbocycles. The minimum Gasteiger partial charge on any atom is -0.491 e. The second-order valence-corrected chi connectivity index (χ2v) is 7.90. The van der Waals surface area contributed by atoms with Crippen LogP contribution >= 0.6 is 0 Å². The summed E-state index contributed by atoms with van der Waals surface area (Å²) in [6, 6.07) is 18.4. The third kappa shape index (κ3) is 6.56. The van der Waals surface area contributed by atoms with Crippen LogP contribution < -0.4 is 14.8 Å². The Morgan fingerprint density at radius 3 is 2.06 bits per heavy atom. The van der Waals surface area contributed by atoms with Gasteiger partial charge in [0.2, 0.25) is 0 Å². The van der Waals surface area contributed by atoms with Gasteiger partial charge in [0.1, 0.15) is 17.2 Å². The van der Waals surface area contributed by atoms with Crippen LogP contribution in [0.5, 0.6) is 17.2 Å². The molecule has 3 aromatic rings. The topological polar surface area (TPSA) is 69.7 Å². The number of carbonyl (C=O) groups excluding carboxylic acids is 1. The zero-order valence-electron chi connectivity index (χ0n) is 19.2. The number of rotatable bonds is 9. The number of nitrogens with zero attached hydrogens (tertiary/aromatic N) is 1. The highest BCUT2D eigenvalue weighted by molar-refractivity contribution is 6.05. The highest BCUT2D eigenvalue weighted by Gasteiger charge is 2.12. The SMILES string of the molecule is COC(C)Cc1ccc(C(=O)Nc2ccc(Oc3ccc(OC(C)C)cc3)cc2)c(C)n1. The molecule has 1 unspecified atom stereocenters. The smallest absolute Gasteiger partial charge is 0.257 e. The third-order valence-corrected chi connectivity index (χ3v) is 4.83. The van der Waals surface area contributed by atoms with E-state index in [4.69, 9.17) is 14.2 Å². The van der Waals surface area contributed by atoms with E-state index < -0.39 is 0 Å². The predicted octanol–water partition coefficient (Wildman–Crippen LogP) is 5.80. The van der Waals surface area contributed by atoms with E-state index in [9.17, 15) is 4.79 Å². The van der Waals surface area contributed by atoms with Gasteiger partial charge in [-0.2, -0.15) is 0 Å². The van der Waals surface area contributed by atoms with Crippen LogP contribution in [0, 0.1) is 6.92 Å². The zero-order valence-corrected chi connectivity index (χ0v) is 19.2. The first-order valence-corrected chi connectivity index (χ1v) is 10.7. The van der Waals surface area contributed by atoms with E-state index in [1.54, 1.807) is 25.3 Å². The van der Waals surface area contributed by atoms with Gasteiger partial charge in [-0.15, -0.1) is 0 Å². The van der Waals surface area contributed by atoms with Crippen molar-refractivity contribution in [3.8, 4) is 17.2 Å². The molecular weight excluding hydrogens is 404 g/mol. The summed E-state index contributed by atoms with van der Waals surface area (Å²) in [5, 5.41) is 2.91. The molecule has 6 heteroatoms. The minimum atomic E-state index is -0.198. The molecule has 3 rings (SSSR count). The molecule has 1 atom stereocenters. The summed E-state index contributed by atoms with van der Waals surface area (Å²) in [6.45, 7) is 7.80. The molecule has 0 radical (unpaired) electrons. The molecule has 0 aliphatic rings. The molecule has 1 aromatic heterocycles. The Kier molecular flexibility index (Phi) is 7.84. The van der Waals surface area contributed by atoms with Crippen LogP contribution in [0.1, 0.15) is 42.5 Å². The third-order valence-electron chi connectivity index (χ3n) is 4.83. The Morgan fingerprint density at radius 1 is 0.906 bits per heavy atom. The average Bonchev–Trinajstić information content (AvgIpc) is 2.76. The molecule has 0 aliphatic heterocycles. The molecule has 0 aliphatic carbocycles. The van der Waals surface area contributed by atoms with E-state index in [2.05, 4.69) is 10.3 Å². The molecule has 0 saturated heterocycles. The van der Waals surface area contributed by atoms with E-state index in [1.807, 2.05) is 70.2 Å². The van der Waals surface area contributed by atoms with Crippen LogP contribution in [0.25, 0.3) is 0 Å². The predicted molar refractivity (Wildman–Crippen MR) is 126 cm³/mol. The number of hydrogen-bond donors (Lipinski definition) is 1. The van der Waals surface area contributed by atoms with Crippen molar-refractivity contribution < 1.29 is 19.0 Å². The fourth-order valence-electron chi connectivity index (χ4n) is 3.14. The van der Waals surface area contributed by atoms with E-state index in [0.717, 1.165) is 11.4 Å². The lowest BCUT2D eigenvalue weighted by Crippen LogP contribution is -2.16. The summed E-state index contributed by atoms with van der Waals surface area (Å²) in [7, 11) is 1.67. The maximum Gasteiger partial charge on any atom is 0.257 e. The van der Waals surface area contributed by atoms with Crippen LogP contribution in [0.2, 0.25) is 0 Å². The van der Waals surface area contributed by atoms with Gasteiger partial charge in [0.15, 0.2) is 0 Å². The standard InChI is InChI=1S/C26H30N2O4/c1-17(2)31-22-11-13-24(14-12-22)32-23-9-6-20(7-10-23)28-26(29)25-15-8-21(27-19(25)4)16-18(3)30-5/h6-15,17-18H,16H2,1-5H3,(H,28,29). The number of aryl methyl sites for hydroxylation is 1. The van der Waals surface area contributed by atoms with Crippen LogP contribution in [-0.4, -0.2) is 30.2 Å². The number of benzene rings is 2. The Labute approximate surface area is 189 Å². The number of hydrogen-bond acceptors (Lipinski definition) is 5. The van der Waals surface area contributed by atoms with E-state index in [1.165, 1.54) is 0 Å². The second kappa shape index (κ2) is 10.8. The lowest BCUT2D eigenvalue weighted by Gasteiger charge is -2.12. The minimum absolute atomic E-state index is 0.0774. The van der Waals surface area contributed by atoms with Crippen molar-refractivity contribution in [2.24, 2.45) is 0 Å². The van der Waals surface area contributed by atoms with Gasteiger partial charge in [0.05, 0.1) is 23.5 Å². The number of aromatic nitrogens is 1.